The molecule has 1 aliphatic carbocycles. The van der Waals surface area contributed by atoms with Crippen molar-refractivity contribution in [1.29, 1.82) is 0 Å². The largest absolute Gasteiger partial charge is 0.379 e. The number of carbonyl (C=O) groups is 1. The molecule has 34 heavy (non-hydrogen) atoms. The fourth-order valence-corrected chi connectivity index (χ4v) is 5.10. The molecule has 2 aliphatic rings. The van der Waals surface area contributed by atoms with Gasteiger partial charge < -0.3 is 20.1 Å². The quantitative estimate of drug-likeness (QED) is 0.532. The molecular formula is C28H35FN4O. The van der Waals surface area contributed by atoms with Gasteiger partial charge in [-0.3, -0.25) is 4.79 Å². The van der Waals surface area contributed by atoms with Crippen LogP contribution in [0.25, 0.3) is 10.9 Å². The molecular weight excluding hydrogens is 427 g/mol. The summed E-state index contributed by atoms with van der Waals surface area (Å²) in [4.78, 5) is 15.5. The van der Waals surface area contributed by atoms with E-state index in [1.165, 1.54) is 35.7 Å². The van der Waals surface area contributed by atoms with Crippen molar-refractivity contribution in [1.82, 2.24) is 14.8 Å². The highest BCUT2D eigenvalue weighted by atomic mass is 19.1. The summed E-state index contributed by atoms with van der Waals surface area (Å²) in [6.45, 7) is 11.2. The SMILES string of the molecule is Cc1cc(F)ccc1CNc1cc(C(=O)N2CCCNCC2)cc2c(C)c(C)n(CC3CC3)c12. The van der Waals surface area contributed by atoms with E-state index in [4.69, 9.17) is 0 Å². The third-order valence-electron chi connectivity index (χ3n) is 7.52. The number of aromatic nitrogens is 1. The Labute approximate surface area is 201 Å². The minimum absolute atomic E-state index is 0.0959. The number of nitrogens with zero attached hydrogens (tertiary/aromatic N) is 2. The fourth-order valence-electron chi connectivity index (χ4n) is 5.10. The molecule has 6 heteroatoms. The molecule has 0 spiro atoms. The maximum absolute atomic E-state index is 13.6. The number of hydrogen-bond donors (Lipinski definition) is 2. The molecule has 2 heterocycles. The van der Waals surface area contributed by atoms with Gasteiger partial charge in [0.25, 0.3) is 5.91 Å². The summed E-state index contributed by atoms with van der Waals surface area (Å²) in [6, 6.07) is 9.05. The smallest absolute Gasteiger partial charge is 0.253 e. The van der Waals surface area contributed by atoms with Gasteiger partial charge in [0.05, 0.1) is 11.2 Å². The summed E-state index contributed by atoms with van der Waals surface area (Å²) in [7, 11) is 0. The third-order valence-corrected chi connectivity index (χ3v) is 7.52. The number of amides is 1. The third kappa shape index (κ3) is 4.56. The maximum atomic E-state index is 13.6. The van der Waals surface area contributed by atoms with Gasteiger partial charge in [-0.05, 0) is 93.5 Å². The first-order chi connectivity index (χ1) is 16.4. The first kappa shape index (κ1) is 22.9. The van der Waals surface area contributed by atoms with Crippen molar-refractivity contribution >= 4 is 22.5 Å². The van der Waals surface area contributed by atoms with Crippen LogP contribution in [0.5, 0.6) is 0 Å². The van der Waals surface area contributed by atoms with E-state index in [0.717, 1.165) is 72.8 Å². The average molecular weight is 463 g/mol. The standard InChI is InChI=1S/C28H35FN4O/c1-18-13-24(29)8-7-22(18)16-31-26-15-23(28(34)32-11-4-9-30-10-12-32)14-25-19(2)20(3)33(27(25)26)17-21-5-6-21/h7-8,13-15,21,30-31H,4-6,9-12,16-17H2,1-3H3. The normalized spacial score (nSPS) is 16.6. The molecule has 0 bridgehead atoms. The van der Waals surface area contributed by atoms with Crippen molar-refractivity contribution in [2.75, 3.05) is 31.5 Å². The number of nitrogens with one attached hydrogen (secondary N) is 2. The summed E-state index contributed by atoms with van der Waals surface area (Å²) in [5.74, 6) is 0.623. The van der Waals surface area contributed by atoms with Gasteiger partial charge >= 0.3 is 0 Å². The van der Waals surface area contributed by atoms with Crippen LogP contribution in [0.1, 0.15) is 52.0 Å². The van der Waals surface area contributed by atoms with Crippen molar-refractivity contribution < 1.29 is 9.18 Å². The number of aryl methyl sites for hydroxylation is 2. The number of carbonyl (C=O) groups excluding carboxylic acids is 1. The second-order valence-electron chi connectivity index (χ2n) is 10.0. The summed E-state index contributed by atoms with van der Waals surface area (Å²) in [6.07, 6.45) is 3.55. The molecule has 180 valence electrons. The van der Waals surface area contributed by atoms with E-state index in [-0.39, 0.29) is 11.7 Å². The topological polar surface area (TPSA) is 49.3 Å². The van der Waals surface area contributed by atoms with E-state index in [2.05, 4.69) is 35.1 Å². The fraction of sp³-hybridized carbons (Fsp3) is 0.464. The van der Waals surface area contributed by atoms with Crippen molar-refractivity contribution in [2.24, 2.45) is 5.92 Å². The second-order valence-corrected chi connectivity index (χ2v) is 10.0. The minimum Gasteiger partial charge on any atom is -0.379 e. The van der Waals surface area contributed by atoms with E-state index in [9.17, 15) is 9.18 Å². The Bertz CT molecular complexity index is 1220. The summed E-state index contributed by atoms with van der Waals surface area (Å²) >= 11 is 0. The van der Waals surface area contributed by atoms with Crippen LogP contribution in [0.15, 0.2) is 30.3 Å². The Hall–Kier alpha value is -2.86. The number of rotatable bonds is 6. The highest BCUT2D eigenvalue weighted by Crippen LogP contribution is 2.38. The molecule has 1 saturated heterocycles. The van der Waals surface area contributed by atoms with E-state index in [1.54, 1.807) is 6.07 Å². The number of hydrogen-bond acceptors (Lipinski definition) is 3. The Balaban J connectivity index is 1.56. The van der Waals surface area contributed by atoms with Crippen LogP contribution in [-0.4, -0.2) is 41.6 Å². The van der Waals surface area contributed by atoms with Gasteiger partial charge in [0.1, 0.15) is 5.82 Å². The van der Waals surface area contributed by atoms with Crippen LogP contribution in [0.3, 0.4) is 0 Å². The van der Waals surface area contributed by atoms with Gasteiger partial charge in [-0.25, -0.2) is 4.39 Å². The molecule has 1 aliphatic heterocycles. The zero-order valence-electron chi connectivity index (χ0n) is 20.5. The molecule has 2 N–H and O–H groups in total. The van der Waals surface area contributed by atoms with Crippen LogP contribution >= 0.6 is 0 Å². The highest BCUT2D eigenvalue weighted by Gasteiger charge is 2.26. The molecule has 5 nitrogen and oxygen atoms in total. The molecule has 2 fully saturated rings. The molecule has 2 aromatic carbocycles. The van der Waals surface area contributed by atoms with Gasteiger partial charge in [0.2, 0.25) is 0 Å². The Morgan fingerprint density at radius 2 is 1.94 bits per heavy atom. The van der Waals surface area contributed by atoms with Gasteiger partial charge in [-0.1, -0.05) is 6.07 Å². The van der Waals surface area contributed by atoms with E-state index < -0.39 is 0 Å². The predicted molar refractivity (Wildman–Crippen MR) is 136 cm³/mol. The Morgan fingerprint density at radius 1 is 1.12 bits per heavy atom. The first-order valence-electron chi connectivity index (χ1n) is 12.5. The van der Waals surface area contributed by atoms with E-state index >= 15 is 0 Å². The van der Waals surface area contributed by atoms with Crippen molar-refractivity contribution in [3.8, 4) is 0 Å². The lowest BCUT2D eigenvalue weighted by molar-refractivity contribution is 0.0766. The number of halogens is 1. The maximum Gasteiger partial charge on any atom is 0.253 e. The van der Waals surface area contributed by atoms with E-state index in [0.29, 0.717) is 6.54 Å². The summed E-state index contributed by atoms with van der Waals surface area (Å²) in [5, 5.41) is 8.15. The van der Waals surface area contributed by atoms with Crippen LogP contribution in [0.2, 0.25) is 0 Å². The van der Waals surface area contributed by atoms with Crippen molar-refractivity contribution in [2.45, 2.75) is 53.1 Å². The summed E-state index contributed by atoms with van der Waals surface area (Å²) in [5.41, 5.74) is 7.38. The average Bonchev–Trinajstić information content (AvgIpc) is 3.64. The first-order valence-corrected chi connectivity index (χ1v) is 12.5. The molecule has 0 atom stereocenters. The molecule has 0 unspecified atom stereocenters. The number of benzene rings is 2. The highest BCUT2D eigenvalue weighted by molar-refractivity contribution is 6.04. The van der Waals surface area contributed by atoms with Gasteiger partial charge in [-0.2, -0.15) is 0 Å². The van der Waals surface area contributed by atoms with Crippen LogP contribution in [0, 0.1) is 32.5 Å². The van der Waals surface area contributed by atoms with Gasteiger partial charge in [0, 0.05) is 49.4 Å². The van der Waals surface area contributed by atoms with Crippen LogP contribution < -0.4 is 10.6 Å². The number of fused-ring (bicyclic) bond motifs is 1. The van der Waals surface area contributed by atoms with Crippen molar-refractivity contribution in [3.63, 3.8) is 0 Å². The second kappa shape index (κ2) is 9.41. The molecule has 5 rings (SSSR count). The van der Waals surface area contributed by atoms with Gasteiger partial charge in [0.15, 0.2) is 0 Å². The molecule has 3 aromatic rings. The minimum atomic E-state index is -0.215. The Morgan fingerprint density at radius 3 is 2.71 bits per heavy atom. The lowest BCUT2D eigenvalue weighted by atomic mass is 10.0. The number of anilines is 1. The van der Waals surface area contributed by atoms with Crippen molar-refractivity contribution in [3.05, 3.63) is 64.1 Å². The summed E-state index contributed by atoms with van der Waals surface area (Å²) < 4.78 is 16.1. The monoisotopic (exact) mass is 462 g/mol. The van der Waals surface area contributed by atoms with Crippen LogP contribution in [-0.2, 0) is 13.1 Å². The van der Waals surface area contributed by atoms with E-state index in [1.807, 2.05) is 24.0 Å². The molecule has 1 amide bonds. The zero-order chi connectivity index (χ0) is 23.8. The zero-order valence-corrected chi connectivity index (χ0v) is 20.5. The lowest BCUT2D eigenvalue weighted by Gasteiger charge is -2.21. The Kier molecular flexibility index (Phi) is 6.34. The lowest BCUT2D eigenvalue weighted by Crippen LogP contribution is -2.34. The van der Waals surface area contributed by atoms with Gasteiger partial charge in [-0.15, -0.1) is 0 Å². The molecule has 0 radical (unpaired) electrons. The molecule has 1 aromatic heterocycles. The predicted octanol–water partition coefficient (Wildman–Crippen LogP) is 5.16. The molecule has 1 saturated carbocycles. The van der Waals surface area contributed by atoms with Crippen LogP contribution in [0.4, 0.5) is 10.1 Å².